The third-order valence-corrected chi connectivity index (χ3v) is 4.84. The summed E-state index contributed by atoms with van der Waals surface area (Å²) in [5, 5.41) is 3.38. The number of anilines is 1. The minimum absolute atomic E-state index is 0.131. The maximum absolute atomic E-state index is 13.0. The minimum atomic E-state index is -0.425. The smallest absolute Gasteiger partial charge is 0.296 e. The largest absolute Gasteiger partial charge is 0.459 e. The number of halogens is 1. The first-order valence-electron chi connectivity index (χ1n) is 8.50. The average molecular weight is 398 g/mol. The highest BCUT2D eigenvalue weighted by atomic mass is 35.5. The number of aromatic nitrogens is 4. The van der Waals surface area contributed by atoms with Crippen LogP contribution in [-0.2, 0) is 6.54 Å². The van der Waals surface area contributed by atoms with Crippen LogP contribution in [0.15, 0.2) is 51.9 Å². The van der Waals surface area contributed by atoms with Gasteiger partial charge in [0.05, 0.1) is 12.8 Å². The lowest BCUT2D eigenvalue weighted by Gasteiger charge is -2.19. The second-order valence-corrected chi connectivity index (χ2v) is 6.68. The van der Waals surface area contributed by atoms with Crippen molar-refractivity contribution in [1.82, 2.24) is 19.6 Å². The Balaban J connectivity index is 1.84. The molecule has 1 amide bonds. The monoisotopic (exact) mass is 397 g/mol. The lowest BCUT2D eigenvalue weighted by atomic mass is 10.2. The summed E-state index contributed by atoms with van der Waals surface area (Å²) in [6.45, 7) is 3.56. The fourth-order valence-corrected chi connectivity index (χ4v) is 2.98. The number of fused-ring (bicyclic) bond motifs is 1. The molecule has 4 rings (SSSR count). The lowest BCUT2D eigenvalue weighted by molar-refractivity contribution is 0.0956. The van der Waals surface area contributed by atoms with Crippen LogP contribution in [0.3, 0.4) is 0 Å². The molecule has 0 fully saturated rings. The van der Waals surface area contributed by atoms with Crippen LogP contribution in [0.2, 0.25) is 5.02 Å². The molecule has 1 N–H and O–H groups in total. The van der Waals surface area contributed by atoms with Crippen LogP contribution in [0.1, 0.15) is 27.4 Å². The van der Waals surface area contributed by atoms with E-state index in [9.17, 15) is 9.59 Å². The summed E-state index contributed by atoms with van der Waals surface area (Å²) in [7, 11) is 0. The molecule has 0 aliphatic carbocycles. The van der Waals surface area contributed by atoms with E-state index in [0.717, 1.165) is 5.56 Å². The number of nitrogens with one attached hydrogen (secondary N) is 1. The van der Waals surface area contributed by atoms with Crippen molar-refractivity contribution in [3.05, 3.63) is 80.6 Å². The first kappa shape index (κ1) is 18.0. The van der Waals surface area contributed by atoms with E-state index in [0.29, 0.717) is 16.3 Å². The Kier molecular flexibility index (Phi) is 4.48. The van der Waals surface area contributed by atoms with Crippen molar-refractivity contribution >= 4 is 29.2 Å². The zero-order chi connectivity index (χ0) is 19.8. The Morgan fingerprint density at radius 1 is 1.21 bits per heavy atom. The molecule has 0 atom stereocenters. The molecule has 1 aromatic carbocycles. The van der Waals surface area contributed by atoms with Crippen LogP contribution in [-0.4, -0.2) is 25.5 Å². The van der Waals surface area contributed by atoms with Crippen LogP contribution < -0.4 is 10.5 Å². The Morgan fingerprint density at radius 2 is 2.00 bits per heavy atom. The Morgan fingerprint density at radius 3 is 2.71 bits per heavy atom. The van der Waals surface area contributed by atoms with Gasteiger partial charge in [-0.05, 0) is 37.6 Å². The number of aryl methyl sites for hydroxylation is 1. The standard InChI is InChI=1S/C19H16ClN5O3/c1-11-12(2)21-18-22-19(23-25(18)16(11)26)24(17(27)15-8-5-9-28-15)10-13-6-3-4-7-14(13)20/h3-9H,10H2,1-2H3,(H,21,22,23). The van der Waals surface area contributed by atoms with Crippen molar-refractivity contribution in [3.63, 3.8) is 0 Å². The number of furan rings is 1. The molecule has 8 nitrogen and oxygen atoms in total. The lowest BCUT2D eigenvalue weighted by Crippen LogP contribution is -2.31. The number of hydrogen-bond donors (Lipinski definition) is 1. The SMILES string of the molecule is Cc1nc2nc(N(Cc3ccccc3Cl)C(=O)c3ccco3)[nH]n2c(=O)c1C. The zero-order valence-electron chi connectivity index (χ0n) is 15.1. The van der Waals surface area contributed by atoms with Gasteiger partial charge in [-0.25, -0.2) is 4.98 Å². The molecule has 0 aliphatic heterocycles. The highest BCUT2D eigenvalue weighted by Crippen LogP contribution is 2.22. The summed E-state index contributed by atoms with van der Waals surface area (Å²) in [6.07, 6.45) is 1.41. The maximum atomic E-state index is 13.0. The molecular formula is C19H16ClN5O3. The van der Waals surface area contributed by atoms with Crippen molar-refractivity contribution < 1.29 is 9.21 Å². The molecule has 0 unspecified atom stereocenters. The van der Waals surface area contributed by atoms with E-state index < -0.39 is 5.91 Å². The van der Waals surface area contributed by atoms with Gasteiger partial charge in [-0.1, -0.05) is 29.8 Å². The quantitative estimate of drug-likeness (QED) is 0.570. The van der Waals surface area contributed by atoms with Crippen LogP contribution in [0.4, 0.5) is 5.95 Å². The number of H-pyrrole nitrogens is 1. The number of carbonyl (C=O) groups is 1. The third-order valence-electron chi connectivity index (χ3n) is 4.47. The molecule has 3 aromatic heterocycles. The molecule has 0 saturated heterocycles. The number of hydrogen-bond acceptors (Lipinski definition) is 5. The van der Waals surface area contributed by atoms with Gasteiger partial charge in [0.2, 0.25) is 5.95 Å². The molecule has 4 aromatic rings. The third kappa shape index (κ3) is 3.07. The van der Waals surface area contributed by atoms with E-state index >= 15 is 0 Å². The molecule has 0 aliphatic rings. The number of benzene rings is 1. The topological polar surface area (TPSA) is 96.5 Å². The number of rotatable bonds is 4. The molecular weight excluding hydrogens is 382 g/mol. The van der Waals surface area contributed by atoms with Gasteiger partial charge in [-0.2, -0.15) is 9.50 Å². The van der Waals surface area contributed by atoms with Gasteiger partial charge in [0.25, 0.3) is 17.2 Å². The predicted octanol–water partition coefficient (Wildman–Crippen LogP) is 3.13. The number of carbonyl (C=O) groups excluding carboxylic acids is 1. The van der Waals surface area contributed by atoms with Crippen LogP contribution in [0.25, 0.3) is 5.78 Å². The fourth-order valence-electron chi connectivity index (χ4n) is 2.79. The Labute approximate surface area is 164 Å². The van der Waals surface area contributed by atoms with Gasteiger partial charge >= 0.3 is 0 Å². The Bertz CT molecular complexity index is 1230. The summed E-state index contributed by atoms with van der Waals surface area (Å²) in [4.78, 5) is 35.6. The number of amides is 1. The normalized spacial score (nSPS) is 11.1. The molecule has 0 spiro atoms. The molecule has 0 bridgehead atoms. The second-order valence-electron chi connectivity index (χ2n) is 6.27. The zero-order valence-corrected chi connectivity index (χ0v) is 15.9. The van der Waals surface area contributed by atoms with Crippen LogP contribution in [0, 0.1) is 13.8 Å². The van der Waals surface area contributed by atoms with E-state index in [1.54, 1.807) is 38.1 Å². The van der Waals surface area contributed by atoms with Crippen molar-refractivity contribution in [2.24, 2.45) is 0 Å². The first-order valence-corrected chi connectivity index (χ1v) is 8.88. The van der Waals surface area contributed by atoms with Gasteiger partial charge in [0.1, 0.15) is 0 Å². The average Bonchev–Trinajstić information content (AvgIpc) is 3.35. The number of nitrogens with zero attached hydrogens (tertiary/aromatic N) is 4. The molecule has 3 heterocycles. The van der Waals surface area contributed by atoms with Gasteiger partial charge in [0, 0.05) is 16.3 Å². The summed E-state index contributed by atoms with van der Waals surface area (Å²) < 4.78 is 6.47. The summed E-state index contributed by atoms with van der Waals surface area (Å²) in [5.74, 6) is 0.0565. The van der Waals surface area contributed by atoms with Gasteiger partial charge in [-0.3, -0.25) is 19.6 Å². The van der Waals surface area contributed by atoms with Gasteiger partial charge in [-0.15, -0.1) is 0 Å². The summed E-state index contributed by atoms with van der Waals surface area (Å²) in [6, 6.07) is 10.4. The second kappa shape index (κ2) is 6.97. The number of aromatic amines is 1. The van der Waals surface area contributed by atoms with E-state index in [-0.39, 0.29) is 29.6 Å². The van der Waals surface area contributed by atoms with Crippen LogP contribution in [0.5, 0.6) is 0 Å². The fraction of sp³-hybridized carbons (Fsp3) is 0.158. The van der Waals surface area contributed by atoms with E-state index in [4.69, 9.17) is 16.0 Å². The van der Waals surface area contributed by atoms with Gasteiger partial charge in [0.15, 0.2) is 5.76 Å². The van der Waals surface area contributed by atoms with Crippen molar-refractivity contribution in [2.75, 3.05) is 4.90 Å². The molecule has 142 valence electrons. The summed E-state index contributed by atoms with van der Waals surface area (Å²) in [5.41, 5.74) is 1.53. The predicted molar refractivity (Wildman–Crippen MR) is 104 cm³/mol. The van der Waals surface area contributed by atoms with Crippen LogP contribution >= 0.6 is 11.6 Å². The van der Waals surface area contributed by atoms with Gasteiger partial charge < -0.3 is 4.42 Å². The first-order chi connectivity index (χ1) is 13.5. The molecule has 0 saturated carbocycles. The van der Waals surface area contributed by atoms with Crippen molar-refractivity contribution in [3.8, 4) is 0 Å². The van der Waals surface area contributed by atoms with E-state index in [2.05, 4.69) is 15.1 Å². The summed E-state index contributed by atoms with van der Waals surface area (Å²) >= 11 is 6.27. The highest BCUT2D eigenvalue weighted by Gasteiger charge is 2.25. The highest BCUT2D eigenvalue weighted by molar-refractivity contribution is 6.31. The van der Waals surface area contributed by atoms with E-state index in [1.165, 1.54) is 15.7 Å². The Hall–Kier alpha value is -3.39. The molecule has 28 heavy (non-hydrogen) atoms. The minimum Gasteiger partial charge on any atom is -0.459 e. The maximum Gasteiger partial charge on any atom is 0.296 e. The van der Waals surface area contributed by atoms with Crippen molar-refractivity contribution in [2.45, 2.75) is 20.4 Å². The van der Waals surface area contributed by atoms with Crippen molar-refractivity contribution in [1.29, 1.82) is 0 Å². The molecule has 9 heteroatoms. The molecule has 0 radical (unpaired) electrons. The van der Waals surface area contributed by atoms with E-state index in [1.807, 2.05) is 12.1 Å².